The average Bonchev–Trinajstić information content (AvgIpc) is 2.55. The highest BCUT2D eigenvalue weighted by atomic mass is 16.4. The van der Waals surface area contributed by atoms with Crippen LogP contribution in [0.15, 0.2) is 33.5 Å². The Hall–Kier alpha value is -1.55. The number of aromatic nitrogens is 1. The maximum absolute atomic E-state index is 11.5. The Morgan fingerprint density at radius 3 is 2.94 bits per heavy atom. The lowest BCUT2D eigenvalue weighted by atomic mass is 10.2. The largest absolute Gasteiger partial charge is 0.419 e. The average molecular weight is 221 g/mol. The van der Waals surface area contributed by atoms with E-state index < -0.39 is 0 Å². The maximum atomic E-state index is 11.5. The van der Waals surface area contributed by atoms with Gasteiger partial charge in [0.05, 0.1) is 11.6 Å². The van der Waals surface area contributed by atoms with E-state index in [1.54, 1.807) is 17.6 Å². The summed E-state index contributed by atoms with van der Waals surface area (Å²) >= 11 is 0. The zero-order valence-corrected chi connectivity index (χ0v) is 9.22. The molecule has 1 unspecified atom stereocenters. The van der Waals surface area contributed by atoms with E-state index in [2.05, 4.69) is 0 Å². The third kappa shape index (κ3) is 2.17. The summed E-state index contributed by atoms with van der Waals surface area (Å²) in [5.41, 5.74) is 1.43. The summed E-state index contributed by atoms with van der Waals surface area (Å²) in [4.78, 5) is 11.5. The molecule has 0 fully saturated rings. The number of aryl methyl sites for hydroxylation is 1. The summed E-state index contributed by atoms with van der Waals surface area (Å²) in [6.45, 7) is 2.33. The first kappa shape index (κ1) is 11.0. The van der Waals surface area contributed by atoms with E-state index in [9.17, 15) is 4.79 Å². The van der Waals surface area contributed by atoms with Crippen LogP contribution in [-0.4, -0.2) is 15.8 Å². The van der Waals surface area contributed by atoms with Crippen LogP contribution >= 0.6 is 0 Å². The lowest BCUT2D eigenvalue weighted by Gasteiger charge is -2.04. The normalized spacial score (nSPS) is 13.1. The number of oxazole rings is 1. The number of para-hydroxylation sites is 2. The molecule has 1 N–H and O–H groups in total. The number of aliphatic hydroxyl groups is 1. The standard InChI is InChI=1S/C12H15NO3/c1-9(14)5-4-8-13-10-6-2-3-7-11(10)16-12(13)15/h2-3,6-7,9,14H,4-5,8H2,1H3. The number of rotatable bonds is 4. The molecule has 16 heavy (non-hydrogen) atoms. The van der Waals surface area contributed by atoms with Gasteiger partial charge in [0.25, 0.3) is 0 Å². The lowest BCUT2D eigenvalue weighted by Crippen LogP contribution is -2.15. The second-order valence-electron chi connectivity index (χ2n) is 3.98. The van der Waals surface area contributed by atoms with Gasteiger partial charge in [-0.1, -0.05) is 12.1 Å². The minimum Gasteiger partial charge on any atom is -0.408 e. The van der Waals surface area contributed by atoms with Gasteiger partial charge in [-0.2, -0.15) is 0 Å². The van der Waals surface area contributed by atoms with Crippen molar-refractivity contribution in [1.82, 2.24) is 4.57 Å². The highest BCUT2D eigenvalue weighted by Crippen LogP contribution is 2.12. The number of hydrogen-bond donors (Lipinski definition) is 1. The first-order chi connectivity index (χ1) is 7.68. The first-order valence-electron chi connectivity index (χ1n) is 5.45. The van der Waals surface area contributed by atoms with Crippen LogP contribution < -0.4 is 5.76 Å². The zero-order chi connectivity index (χ0) is 11.5. The summed E-state index contributed by atoms with van der Waals surface area (Å²) in [6, 6.07) is 7.36. The molecule has 0 saturated carbocycles. The number of benzene rings is 1. The molecule has 0 saturated heterocycles. The van der Waals surface area contributed by atoms with Gasteiger partial charge in [-0.05, 0) is 31.9 Å². The minimum atomic E-state index is -0.327. The van der Waals surface area contributed by atoms with E-state index >= 15 is 0 Å². The van der Waals surface area contributed by atoms with Crippen LogP contribution in [0, 0.1) is 0 Å². The van der Waals surface area contributed by atoms with E-state index in [4.69, 9.17) is 9.52 Å². The third-order valence-corrected chi connectivity index (χ3v) is 2.58. The van der Waals surface area contributed by atoms with Crippen molar-refractivity contribution in [2.75, 3.05) is 0 Å². The highest BCUT2D eigenvalue weighted by Gasteiger charge is 2.07. The Morgan fingerprint density at radius 1 is 1.44 bits per heavy atom. The van der Waals surface area contributed by atoms with Crippen molar-refractivity contribution in [3.8, 4) is 0 Å². The van der Waals surface area contributed by atoms with Gasteiger partial charge in [-0.15, -0.1) is 0 Å². The van der Waals surface area contributed by atoms with Crippen LogP contribution in [0.5, 0.6) is 0 Å². The number of fused-ring (bicyclic) bond motifs is 1. The summed E-state index contributed by atoms with van der Waals surface area (Å²) in [6.07, 6.45) is 1.13. The Balaban J connectivity index is 2.23. The van der Waals surface area contributed by atoms with Gasteiger partial charge in [-0.25, -0.2) is 4.79 Å². The Labute approximate surface area is 93.1 Å². The van der Waals surface area contributed by atoms with Crippen LogP contribution in [0.2, 0.25) is 0 Å². The molecule has 4 heteroatoms. The van der Waals surface area contributed by atoms with E-state index in [0.717, 1.165) is 11.9 Å². The molecular weight excluding hydrogens is 206 g/mol. The number of aliphatic hydroxyl groups excluding tert-OH is 1. The van der Waals surface area contributed by atoms with Crippen molar-refractivity contribution in [2.24, 2.45) is 0 Å². The fourth-order valence-corrected chi connectivity index (χ4v) is 1.77. The smallest absolute Gasteiger partial charge is 0.408 e. The van der Waals surface area contributed by atoms with Crippen molar-refractivity contribution in [1.29, 1.82) is 0 Å². The first-order valence-corrected chi connectivity index (χ1v) is 5.45. The molecule has 2 aromatic rings. The Bertz CT molecular complexity index is 524. The maximum Gasteiger partial charge on any atom is 0.419 e. The van der Waals surface area contributed by atoms with Crippen LogP contribution in [-0.2, 0) is 6.54 Å². The van der Waals surface area contributed by atoms with Crippen LogP contribution in [0.4, 0.5) is 0 Å². The monoisotopic (exact) mass is 221 g/mol. The predicted octanol–water partition coefficient (Wildman–Crippen LogP) is 1.76. The molecular formula is C12H15NO3. The van der Waals surface area contributed by atoms with Gasteiger partial charge >= 0.3 is 5.76 Å². The number of nitrogens with zero attached hydrogens (tertiary/aromatic N) is 1. The molecule has 0 aliphatic carbocycles. The fourth-order valence-electron chi connectivity index (χ4n) is 1.77. The molecule has 0 aliphatic heterocycles. The van der Waals surface area contributed by atoms with Crippen LogP contribution in [0.3, 0.4) is 0 Å². The van der Waals surface area contributed by atoms with E-state index in [1.165, 1.54) is 0 Å². The fraction of sp³-hybridized carbons (Fsp3) is 0.417. The topological polar surface area (TPSA) is 55.4 Å². The van der Waals surface area contributed by atoms with E-state index in [1.807, 2.05) is 18.2 Å². The minimum absolute atomic E-state index is 0.325. The van der Waals surface area contributed by atoms with E-state index in [-0.39, 0.29) is 11.9 Å². The molecule has 0 bridgehead atoms. The summed E-state index contributed by atoms with van der Waals surface area (Å²) in [7, 11) is 0. The predicted molar refractivity (Wildman–Crippen MR) is 61.4 cm³/mol. The molecule has 2 rings (SSSR count). The van der Waals surface area contributed by atoms with Gasteiger partial charge in [0.2, 0.25) is 0 Å². The third-order valence-electron chi connectivity index (χ3n) is 2.58. The second-order valence-corrected chi connectivity index (χ2v) is 3.98. The van der Waals surface area contributed by atoms with Crippen LogP contribution in [0.1, 0.15) is 19.8 Å². The van der Waals surface area contributed by atoms with Crippen LogP contribution in [0.25, 0.3) is 11.1 Å². The molecule has 0 aliphatic rings. The van der Waals surface area contributed by atoms with Gasteiger partial charge in [0.1, 0.15) is 0 Å². The quantitative estimate of drug-likeness (QED) is 0.855. The lowest BCUT2D eigenvalue weighted by molar-refractivity contribution is 0.179. The van der Waals surface area contributed by atoms with E-state index in [0.29, 0.717) is 18.5 Å². The second kappa shape index (κ2) is 4.53. The molecule has 0 amide bonds. The van der Waals surface area contributed by atoms with Gasteiger partial charge < -0.3 is 9.52 Å². The number of hydrogen-bond acceptors (Lipinski definition) is 3. The molecule has 1 aromatic carbocycles. The molecule has 86 valence electrons. The van der Waals surface area contributed by atoms with Gasteiger partial charge in [0.15, 0.2) is 5.58 Å². The van der Waals surface area contributed by atoms with Crippen molar-refractivity contribution in [3.63, 3.8) is 0 Å². The Morgan fingerprint density at radius 2 is 2.19 bits per heavy atom. The highest BCUT2D eigenvalue weighted by molar-refractivity contribution is 5.72. The van der Waals surface area contributed by atoms with Crippen molar-refractivity contribution >= 4 is 11.1 Å². The molecule has 4 nitrogen and oxygen atoms in total. The molecule has 1 heterocycles. The SMILES string of the molecule is CC(O)CCCn1c(=O)oc2ccccc21. The van der Waals surface area contributed by atoms with Gasteiger partial charge in [0, 0.05) is 6.54 Å². The molecule has 0 radical (unpaired) electrons. The van der Waals surface area contributed by atoms with Crippen molar-refractivity contribution in [3.05, 3.63) is 34.8 Å². The summed E-state index contributed by atoms with van der Waals surface area (Å²) in [5, 5.41) is 9.15. The summed E-state index contributed by atoms with van der Waals surface area (Å²) < 4.78 is 6.71. The molecule has 1 aromatic heterocycles. The zero-order valence-electron chi connectivity index (χ0n) is 9.22. The Kier molecular flexibility index (Phi) is 3.10. The van der Waals surface area contributed by atoms with Crippen molar-refractivity contribution < 1.29 is 9.52 Å². The summed E-state index contributed by atoms with van der Waals surface area (Å²) in [5.74, 6) is -0.327. The van der Waals surface area contributed by atoms with Gasteiger partial charge in [-0.3, -0.25) is 4.57 Å². The molecule has 1 atom stereocenters. The van der Waals surface area contributed by atoms with Crippen molar-refractivity contribution in [2.45, 2.75) is 32.4 Å². The molecule has 0 spiro atoms.